The summed E-state index contributed by atoms with van der Waals surface area (Å²) in [5.41, 5.74) is 3.25. The Balaban J connectivity index is 2.06. The molecule has 0 saturated heterocycles. The van der Waals surface area contributed by atoms with Crippen molar-refractivity contribution < 1.29 is 9.50 Å². The third-order valence-electron chi connectivity index (χ3n) is 2.14. The Bertz CT molecular complexity index is 413. The molecule has 0 amide bonds. The van der Waals surface area contributed by atoms with Crippen molar-refractivity contribution in [3.05, 3.63) is 52.2 Å². The Hall–Kier alpha value is -1.26. The monoisotopic (exact) mass is 223 g/mol. The predicted octanol–water partition coefficient (Wildman–Crippen LogP) is 2.56. The van der Waals surface area contributed by atoms with Crippen LogP contribution < -0.4 is 0 Å². The van der Waals surface area contributed by atoms with Crippen molar-refractivity contribution >= 4 is 11.3 Å². The largest absolute Gasteiger partial charge is 0.386 e. The van der Waals surface area contributed by atoms with Crippen LogP contribution in [0.2, 0.25) is 0 Å². The van der Waals surface area contributed by atoms with Gasteiger partial charge in [-0.3, -0.25) is 0 Å². The zero-order valence-corrected chi connectivity index (χ0v) is 8.75. The number of halogens is 1. The number of aliphatic hydroxyl groups excluding tert-OH is 1. The van der Waals surface area contributed by atoms with Gasteiger partial charge in [-0.1, -0.05) is 12.1 Å². The summed E-state index contributed by atoms with van der Waals surface area (Å²) in [7, 11) is 0. The first-order valence-corrected chi connectivity index (χ1v) is 5.50. The molecule has 1 atom stereocenters. The van der Waals surface area contributed by atoms with E-state index in [9.17, 15) is 9.50 Å². The van der Waals surface area contributed by atoms with E-state index in [0.29, 0.717) is 12.1 Å². The Morgan fingerprint density at radius 1 is 1.33 bits per heavy atom. The van der Waals surface area contributed by atoms with Gasteiger partial charge < -0.3 is 5.11 Å². The second-order valence-corrected chi connectivity index (χ2v) is 3.98. The molecule has 0 aliphatic heterocycles. The SMILES string of the molecule is OC(Cc1ccc(F)cc1)c1cscn1. The average Bonchev–Trinajstić information content (AvgIpc) is 2.74. The van der Waals surface area contributed by atoms with Gasteiger partial charge in [0.1, 0.15) is 11.9 Å². The standard InChI is InChI=1S/C11H10FNOS/c12-9-3-1-8(2-4-9)5-11(14)10-6-15-7-13-10/h1-4,6-7,11,14H,5H2. The fraction of sp³-hybridized carbons (Fsp3) is 0.182. The highest BCUT2D eigenvalue weighted by molar-refractivity contribution is 7.07. The van der Waals surface area contributed by atoms with Crippen molar-refractivity contribution in [3.63, 3.8) is 0 Å². The second-order valence-electron chi connectivity index (χ2n) is 3.26. The fourth-order valence-electron chi connectivity index (χ4n) is 1.33. The molecular formula is C11H10FNOS. The average molecular weight is 223 g/mol. The summed E-state index contributed by atoms with van der Waals surface area (Å²) in [5.74, 6) is -0.262. The number of hydrogen-bond donors (Lipinski definition) is 1. The first-order chi connectivity index (χ1) is 7.25. The lowest BCUT2D eigenvalue weighted by Crippen LogP contribution is -2.01. The minimum atomic E-state index is -0.610. The van der Waals surface area contributed by atoms with Crippen LogP contribution in [-0.2, 0) is 6.42 Å². The molecule has 0 bridgehead atoms. The van der Waals surface area contributed by atoms with E-state index in [1.807, 2.05) is 5.38 Å². The third kappa shape index (κ3) is 2.61. The number of thiazole rings is 1. The van der Waals surface area contributed by atoms with E-state index in [-0.39, 0.29) is 5.82 Å². The Kier molecular flexibility index (Phi) is 3.08. The molecule has 0 fully saturated rings. The summed E-state index contributed by atoms with van der Waals surface area (Å²) >= 11 is 1.45. The fourth-order valence-corrected chi connectivity index (χ4v) is 1.94. The van der Waals surface area contributed by atoms with Crippen LogP contribution in [0.4, 0.5) is 4.39 Å². The lowest BCUT2D eigenvalue weighted by Gasteiger charge is -2.07. The molecule has 1 aromatic carbocycles. The number of aromatic nitrogens is 1. The first kappa shape index (κ1) is 10.3. The van der Waals surface area contributed by atoms with E-state index in [2.05, 4.69) is 4.98 Å². The summed E-state index contributed by atoms with van der Waals surface area (Å²) in [6.45, 7) is 0. The van der Waals surface area contributed by atoms with Gasteiger partial charge in [-0.2, -0.15) is 0 Å². The van der Waals surface area contributed by atoms with Gasteiger partial charge in [0.15, 0.2) is 0 Å². The van der Waals surface area contributed by atoms with E-state index in [4.69, 9.17) is 0 Å². The molecule has 1 N–H and O–H groups in total. The lowest BCUT2D eigenvalue weighted by atomic mass is 10.1. The molecule has 15 heavy (non-hydrogen) atoms. The molecule has 78 valence electrons. The Morgan fingerprint density at radius 2 is 2.07 bits per heavy atom. The van der Waals surface area contributed by atoms with E-state index in [0.717, 1.165) is 5.56 Å². The minimum Gasteiger partial charge on any atom is -0.386 e. The van der Waals surface area contributed by atoms with Crippen LogP contribution in [0.3, 0.4) is 0 Å². The predicted molar refractivity (Wildman–Crippen MR) is 57.2 cm³/mol. The van der Waals surface area contributed by atoms with Crippen LogP contribution in [0.5, 0.6) is 0 Å². The maximum absolute atomic E-state index is 12.6. The summed E-state index contributed by atoms with van der Waals surface area (Å²) in [5, 5.41) is 11.6. The third-order valence-corrected chi connectivity index (χ3v) is 2.74. The summed E-state index contributed by atoms with van der Waals surface area (Å²) in [6, 6.07) is 6.13. The van der Waals surface area contributed by atoms with Crippen molar-refractivity contribution in [2.45, 2.75) is 12.5 Å². The van der Waals surface area contributed by atoms with Crippen LogP contribution in [0.25, 0.3) is 0 Å². The second kappa shape index (κ2) is 4.51. The number of hydrogen-bond acceptors (Lipinski definition) is 3. The quantitative estimate of drug-likeness (QED) is 0.867. The molecule has 1 heterocycles. The van der Waals surface area contributed by atoms with Crippen molar-refractivity contribution in [2.75, 3.05) is 0 Å². The molecule has 0 aliphatic carbocycles. The Labute approximate surface area is 91.0 Å². The minimum absolute atomic E-state index is 0.262. The summed E-state index contributed by atoms with van der Waals surface area (Å²) in [6.07, 6.45) is -0.147. The molecule has 1 aromatic heterocycles. The van der Waals surface area contributed by atoms with E-state index < -0.39 is 6.10 Å². The molecular weight excluding hydrogens is 213 g/mol. The van der Waals surface area contributed by atoms with Gasteiger partial charge in [-0.25, -0.2) is 9.37 Å². The maximum atomic E-state index is 12.6. The van der Waals surface area contributed by atoms with Crippen LogP contribution >= 0.6 is 11.3 Å². The number of rotatable bonds is 3. The zero-order valence-electron chi connectivity index (χ0n) is 7.93. The highest BCUT2D eigenvalue weighted by Gasteiger charge is 2.10. The van der Waals surface area contributed by atoms with Gasteiger partial charge in [0, 0.05) is 11.8 Å². The van der Waals surface area contributed by atoms with Crippen LogP contribution in [0, 0.1) is 5.82 Å². The number of nitrogens with zero attached hydrogens (tertiary/aromatic N) is 1. The summed E-state index contributed by atoms with van der Waals surface area (Å²) < 4.78 is 12.6. The van der Waals surface area contributed by atoms with Gasteiger partial charge in [0.2, 0.25) is 0 Å². The number of benzene rings is 1. The molecule has 0 radical (unpaired) electrons. The van der Waals surface area contributed by atoms with Gasteiger partial charge in [0.05, 0.1) is 11.2 Å². The zero-order chi connectivity index (χ0) is 10.7. The van der Waals surface area contributed by atoms with Crippen LogP contribution in [0.15, 0.2) is 35.2 Å². The van der Waals surface area contributed by atoms with Gasteiger partial charge in [-0.05, 0) is 17.7 Å². The van der Waals surface area contributed by atoms with E-state index in [1.54, 1.807) is 17.6 Å². The molecule has 0 aliphatic rings. The molecule has 1 unspecified atom stereocenters. The van der Waals surface area contributed by atoms with Gasteiger partial charge in [-0.15, -0.1) is 11.3 Å². The van der Waals surface area contributed by atoms with Crippen molar-refractivity contribution in [1.29, 1.82) is 0 Å². The highest BCUT2D eigenvalue weighted by atomic mass is 32.1. The van der Waals surface area contributed by atoms with Crippen molar-refractivity contribution in [2.24, 2.45) is 0 Å². The van der Waals surface area contributed by atoms with E-state index in [1.165, 1.54) is 23.5 Å². The molecule has 0 saturated carbocycles. The normalized spacial score (nSPS) is 12.7. The van der Waals surface area contributed by atoms with Crippen molar-refractivity contribution in [1.82, 2.24) is 4.98 Å². The number of aliphatic hydroxyl groups is 1. The summed E-state index contributed by atoms with van der Waals surface area (Å²) in [4.78, 5) is 4.02. The van der Waals surface area contributed by atoms with E-state index >= 15 is 0 Å². The highest BCUT2D eigenvalue weighted by Crippen LogP contribution is 2.18. The van der Waals surface area contributed by atoms with Crippen molar-refractivity contribution in [3.8, 4) is 0 Å². The van der Waals surface area contributed by atoms with Crippen LogP contribution in [0.1, 0.15) is 17.4 Å². The topological polar surface area (TPSA) is 33.1 Å². The maximum Gasteiger partial charge on any atom is 0.123 e. The van der Waals surface area contributed by atoms with Gasteiger partial charge >= 0.3 is 0 Å². The first-order valence-electron chi connectivity index (χ1n) is 4.56. The van der Waals surface area contributed by atoms with Gasteiger partial charge in [0.25, 0.3) is 0 Å². The molecule has 4 heteroatoms. The molecule has 0 spiro atoms. The molecule has 2 rings (SSSR count). The van der Waals surface area contributed by atoms with Crippen LogP contribution in [-0.4, -0.2) is 10.1 Å². The Morgan fingerprint density at radius 3 is 2.67 bits per heavy atom. The molecule has 2 nitrogen and oxygen atoms in total. The smallest absolute Gasteiger partial charge is 0.123 e. The lowest BCUT2D eigenvalue weighted by molar-refractivity contribution is 0.174. The molecule has 2 aromatic rings.